The van der Waals surface area contributed by atoms with Gasteiger partial charge in [0.2, 0.25) is 0 Å². The number of carbonyl (C=O) groups excluding carboxylic acids is 3. The van der Waals surface area contributed by atoms with Gasteiger partial charge in [0.05, 0.1) is 6.54 Å². The van der Waals surface area contributed by atoms with Crippen LogP contribution in [-0.2, 0) is 9.59 Å². The highest BCUT2D eigenvalue weighted by molar-refractivity contribution is 6.09. The maximum absolute atomic E-state index is 13.2. The molecule has 0 aromatic carbocycles. The summed E-state index contributed by atoms with van der Waals surface area (Å²) in [6, 6.07) is -0.390. The summed E-state index contributed by atoms with van der Waals surface area (Å²) in [6.07, 6.45) is 8.27. The van der Waals surface area contributed by atoms with Crippen molar-refractivity contribution in [2.24, 2.45) is 29.1 Å². The number of nitrogens with one attached hydrogen (secondary N) is 1. The third kappa shape index (κ3) is 2.87. The van der Waals surface area contributed by atoms with Gasteiger partial charge in [-0.15, -0.1) is 0 Å². The van der Waals surface area contributed by atoms with E-state index in [1.165, 1.54) is 24.2 Å². The maximum Gasteiger partial charge on any atom is 0.325 e. The van der Waals surface area contributed by atoms with Crippen molar-refractivity contribution in [1.82, 2.24) is 10.2 Å². The van der Waals surface area contributed by atoms with Crippen LogP contribution in [0.15, 0.2) is 0 Å². The zero-order valence-corrected chi connectivity index (χ0v) is 16.3. The molecular formula is C21H32N2O3. The van der Waals surface area contributed by atoms with E-state index in [0.29, 0.717) is 30.1 Å². The Bertz CT molecular complexity index is 606. The second kappa shape index (κ2) is 6.07. The van der Waals surface area contributed by atoms with E-state index in [2.05, 4.69) is 19.2 Å². The molecule has 1 heterocycles. The Balaban J connectivity index is 1.46. The van der Waals surface area contributed by atoms with Crippen LogP contribution in [0, 0.1) is 29.1 Å². The van der Waals surface area contributed by atoms with Crippen LogP contribution in [0.1, 0.15) is 72.1 Å². The minimum absolute atomic E-state index is 0.0336. The Morgan fingerprint density at radius 3 is 2.15 bits per heavy atom. The van der Waals surface area contributed by atoms with E-state index < -0.39 is 5.54 Å². The fraction of sp³-hybridized carbons (Fsp3) is 0.857. The summed E-state index contributed by atoms with van der Waals surface area (Å²) in [5, 5.41) is 2.85. The van der Waals surface area contributed by atoms with Crippen LogP contribution in [0.3, 0.4) is 0 Å². The van der Waals surface area contributed by atoms with Crippen LogP contribution in [0.2, 0.25) is 0 Å². The summed E-state index contributed by atoms with van der Waals surface area (Å²) in [6.45, 7) is 5.98. The van der Waals surface area contributed by atoms with Crippen molar-refractivity contribution >= 4 is 17.7 Å². The molecule has 5 heteroatoms. The summed E-state index contributed by atoms with van der Waals surface area (Å²) in [4.78, 5) is 39.8. The standard InChI is InChI=1S/C21H32N2O3/c1-13(2)4-5-20(3)18(25)23(19(26)22-20)12-17(24)21-9-14-6-15(10-21)8-16(7-14)11-21/h13-16H,4-12H2,1-3H3,(H,22,26). The van der Waals surface area contributed by atoms with Gasteiger partial charge >= 0.3 is 6.03 Å². The summed E-state index contributed by atoms with van der Waals surface area (Å²) in [5.74, 6) is 2.44. The molecule has 1 saturated heterocycles. The summed E-state index contributed by atoms with van der Waals surface area (Å²) < 4.78 is 0. The second-order valence-electron chi connectivity index (χ2n) is 10.2. The molecule has 4 bridgehead atoms. The van der Waals surface area contributed by atoms with E-state index in [-0.39, 0.29) is 29.7 Å². The number of ketones is 1. The first-order valence-corrected chi connectivity index (χ1v) is 10.4. The molecule has 5 aliphatic rings. The van der Waals surface area contributed by atoms with Gasteiger partial charge in [-0.25, -0.2) is 4.79 Å². The number of hydrogen-bond acceptors (Lipinski definition) is 3. The van der Waals surface area contributed by atoms with Gasteiger partial charge < -0.3 is 5.32 Å². The third-order valence-corrected chi connectivity index (χ3v) is 7.50. The number of amides is 3. The quantitative estimate of drug-likeness (QED) is 0.737. The van der Waals surface area contributed by atoms with Crippen molar-refractivity contribution in [2.45, 2.75) is 77.7 Å². The molecule has 0 radical (unpaired) electrons. The summed E-state index contributed by atoms with van der Waals surface area (Å²) in [7, 11) is 0. The Hall–Kier alpha value is -1.39. The van der Waals surface area contributed by atoms with Gasteiger partial charge in [-0.1, -0.05) is 13.8 Å². The molecule has 0 aromatic rings. The molecule has 3 amide bonds. The number of Topliss-reactive ketones (excluding diaryl/α,β-unsaturated/α-hetero) is 1. The third-order valence-electron chi connectivity index (χ3n) is 7.50. The van der Waals surface area contributed by atoms with Crippen LogP contribution in [0.5, 0.6) is 0 Å². The van der Waals surface area contributed by atoms with Crippen LogP contribution < -0.4 is 5.32 Å². The lowest BCUT2D eigenvalue weighted by molar-refractivity contribution is -0.147. The van der Waals surface area contributed by atoms with E-state index >= 15 is 0 Å². The molecule has 1 unspecified atom stereocenters. The molecule has 1 aliphatic heterocycles. The average Bonchev–Trinajstić information content (AvgIpc) is 2.75. The second-order valence-corrected chi connectivity index (χ2v) is 10.2. The Morgan fingerprint density at radius 1 is 1.12 bits per heavy atom. The highest BCUT2D eigenvalue weighted by Crippen LogP contribution is 2.60. The molecule has 1 N–H and O–H groups in total. The van der Waals surface area contributed by atoms with Crippen LogP contribution >= 0.6 is 0 Å². The number of carbonyl (C=O) groups is 3. The SMILES string of the molecule is CC(C)CCC1(C)NC(=O)N(CC(=O)C23CC4CC(CC(C4)C2)C3)C1=O. The Labute approximate surface area is 156 Å². The molecule has 1 atom stereocenters. The normalized spacial score (nSPS) is 41.2. The highest BCUT2D eigenvalue weighted by Gasteiger charge is 2.56. The zero-order chi connectivity index (χ0) is 18.7. The first-order valence-electron chi connectivity index (χ1n) is 10.4. The molecule has 5 rings (SSSR count). The molecule has 0 spiro atoms. The topological polar surface area (TPSA) is 66.5 Å². The van der Waals surface area contributed by atoms with Crippen molar-refractivity contribution in [3.05, 3.63) is 0 Å². The van der Waals surface area contributed by atoms with Gasteiger partial charge in [-0.3, -0.25) is 14.5 Å². The van der Waals surface area contributed by atoms with Crippen molar-refractivity contribution in [1.29, 1.82) is 0 Å². The fourth-order valence-electron chi connectivity index (χ4n) is 6.40. The Morgan fingerprint density at radius 2 is 1.65 bits per heavy atom. The van der Waals surface area contributed by atoms with Crippen LogP contribution in [0.4, 0.5) is 4.79 Å². The lowest BCUT2D eigenvalue weighted by Crippen LogP contribution is -2.53. The minimum Gasteiger partial charge on any atom is -0.323 e. The van der Waals surface area contributed by atoms with E-state index in [9.17, 15) is 14.4 Å². The number of imide groups is 1. The van der Waals surface area contributed by atoms with Gasteiger partial charge in [-0.05, 0) is 82.0 Å². The maximum atomic E-state index is 13.2. The zero-order valence-electron chi connectivity index (χ0n) is 16.3. The van der Waals surface area contributed by atoms with Gasteiger partial charge in [0.1, 0.15) is 5.54 Å². The van der Waals surface area contributed by atoms with E-state index in [1.54, 1.807) is 6.92 Å². The van der Waals surface area contributed by atoms with Crippen LogP contribution in [0.25, 0.3) is 0 Å². The van der Waals surface area contributed by atoms with Gasteiger partial charge in [0, 0.05) is 5.41 Å². The van der Waals surface area contributed by atoms with Crippen molar-refractivity contribution < 1.29 is 14.4 Å². The summed E-state index contributed by atoms with van der Waals surface area (Å²) in [5.41, 5.74) is -1.12. The molecule has 4 aliphatic carbocycles. The molecule has 144 valence electrons. The average molecular weight is 360 g/mol. The van der Waals surface area contributed by atoms with E-state index in [0.717, 1.165) is 25.7 Å². The van der Waals surface area contributed by atoms with Gasteiger partial charge in [0.25, 0.3) is 5.91 Å². The molecule has 26 heavy (non-hydrogen) atoms. The number of nitrogens with zero attached hydrogens (tertiary/aromatic N) is 1. The predicted octanol–water partition coefficient (Wildman–Crippen LogP) is 3.52. The lowest BCUT2D eigenvalue weighted by atomic mass is 9.48. The monoisotopic (exact) mass is 360 g/mol. The fourth-order valence-corrected chi connectivity index (χ4v) is 6.40. The van der Waals surface area contributed by atoms with Crippen molar-refractivity contribution in [3.63, 3.8) is 0 Å². The largest absolute Gasteiger partial charge is 0.325 e. The molecule has 0 aromatic heterocycles. The van der Waals surface area contributed by atoms with Gasteiger partial charge in [-0.2, -0.15) is 0 Å². The lowest BCUT2D eigenvalue weighted by Gasteiger charge is -2.56. The predicted molar refractivity (Wildman–Crippen MR) is 98.3 cm³/mol. The van der Waals surface area contributed by atoms with Crippen molar-refractivity contribution in [3.8, 4) is 0 Å². The molecule has 4 saturated carbocycles. The van der Waals surface area contributed by atoms with Crippen molar-refractivity contribution in [2.75, 3.05) is 6.54 Å². The van der Waals surface area contributed by atoms with E-state index in [1.807, 2.05) is 0 Å². The number of rotatable bonds is 6. The molecule has 5 fully saturated rings. The molecular weight excluding hydrogens is 328 g/mol. The molecule has 5 nitrogen and oxygen atoms in total. The van der Waals surface area contributed by atoms with Gasteiger partial charge in [0.15, 0.2) is 5.78 Å². The number of hydrogen-bond donors (Lipinski definition) is 1. The smallest absolute Gasteiger partial charge is 0.323 e. The first-order chi connectivity index (χ1) is 12.2. The first kappa shape index (κ1) is 18.0. The highest BCUT2D eigenvalue weighted by atomic mass is 16.2. The number of urea groups is 1. The van der Waals surface area contributed by atoms with Crippen LogP contribution in [-0.4, -0.2) is 34.7 Å². The van der Waals surface area contributed by atoms with E-state index in [4.69, 9.17) is 0 Å². The Kier molecular flexibility index (Phi) is 4.20. The minimum atomic E-state index is -0.858. The summed E-state index contributed by atoms with van der Waals surface area (Å²) >= 11 is 0.